The lowest BCUT2D eigenvalue weighted by Crippen LogP contribution is -2.33. The van der Waals surface area contributed by atoms with Crippen LogP contribution in [-0.2, 0) is 16.4 Å². The van der Waals surface area contributed by atoms with Crippen LogP contribution in [0, 0.1) is 11.8 Å². The normalized spacial score (nSPS) is 31.6. The van der Waals surface area contributed by atoms with Crippen molar-refractivity contribution in [3.8, 4) is 5.75 Å². The number of fused-ring (bicyclic) bond motifs is 2. The molecule has 3 aliphatic rings. The van der Waals surface area contributed by atoms with Gasteiger partial charge >= 0.3 is 0 Å². The Bertz CT molecular complexity index is 689. The fraction of sp³-hybridized carbons (Fsp3) is 0.625. The fourth-order valence-electron chi connectivity index (χ4n) is 4.11. The van der Waals surface area contributed by atoms with Gasteiger partial charge < -0.3 is 10.5 Å². The first-order chi connectivity index (χ1) is 10.6. The van der Waals surface area contributed by atoms with Gasteiger partial charge in [0.05, 0.1) is 11.5 Å². The van der Waals surface area contributed by atoms with Gasteiger partial charge in [0, 0.05) is 19.1 Å². The van der Waals surface area contributed by atoms with Crippen LogP contribution in [0.25, 0.3) is 0 Å². The summed E-state index contributed by atoms with van der Waals surface area (Å²) in [4.78, 5) is 0.394. The summed E-state index contributed by atoms with van der Waals surface area (Å²) in [6.45, 7) is 1.91. The monoisotopic (exact) mass is 322 g/mol. The van der Waals surface area contributed by atoms with E-state index >= 15 is 0 Å². The van der Waals surface area contributed by atoms with Crippen molar-refractivity contribution in [2.24, 2.45) is 17.6 Å². The van der Waals surface area contributed by atoms with Gasteiger partial charge in [0.2, 0.25) is 10.0 Å². The zero-order chi connectivity index (χ0) is 15.3. The molecule has 0 radical (unpaired) electrons. The van der Waals surface area contributed by atoms with Gasteiger partial charge in [-0.3, -0.25) is 0 Å². The van der Waals surface area contributed by atoms with Crippen LogP contribution in [0.3, 0.4) is 0 Å². The lowest BCUT2D eigenvalue weighted by atomic mass is 9.98. The van der Waals surface area contributed by atoms with Gasteiger partial charge in [-0.25, -0.2) is 8.42 Å². The molecule has 1 saturated carbocycles. The summed E-state index contributed by atoms with van der Waals surface area (Å²) in [5.74, 6) is 1.59. The summed E-state index contributed by atoms with van der Waals surface area (Å²) >= 11 is 0. The first-order valence-electron chi connectivity index (χ1n) is 8.07. The SMILES string of the molecule is NC1CCC2CN(S(=O)(=O)c3ccc4c(c3)CCCO4)CC12. The van der Waals surface area contributed by atoms with Gasteiger partial charge in [-0.1, -0.05) is 0 Å². The zero-order valence-corrected chi connectivity index (χ0v) is 13.4. The Balaban J connectivity index is 1.61. The molecule has 1 aliphatic carbocycles. The number of nitrogens with zero attached hydrogens (tertiary/aromatic N) is 1. The Hall–Kier alpha value is -1.11. The molecule has 2 fully saturated rings. The number of benzene rings is 1. The van der Waals surface area contributed by atoms with Gasteiger partial charge in [-0.2, -0.15) is 4.31 Å². The van der Waals surface area contributed by atoms with Crippen molar-refractivity contribution < 1.29 is 13.2 Å². The third kappa shape index (κ3) is 2.25. The molecule has 22 heavy (non-hydrogen) atoms. The average molecular weight is 322 g/mol. The van der Waals surface area contributed by atoms with E-state index in [0.29, 0.717) is 36.4 Å². The highest BCUT2D eigenvalue weighted by Gasteiger charge is 2.45. The summed E-state index contributed by atoms with van der Waals surface area (Å²) in [5, 5.41) is 0. The molecule has 0 bridgehead atoms. The van der Waals surface area contributed by atoms with Crippen LogP contribution < -0.4 is 10.5 Å². The summed E-state index contributed by atoms with van der Waals surface area (Å²) in [7, 11) is -3.42. The Kier molecular flexibility index (Phi) is 3.43. The second kappa shape index (κ2) is 5.22. The van der Waals surface area contributed by atoms with Gasteiger partial charge in [-0.05, 0) is 61.3 Å². The molecule has 1 aromatic carbocycles. The minimum Gasteiger partial charge on any atom is -0.493 e. The molecule has 3 atom stereocenters. The van der Waals surface area contributed by atoms with Crippen LogP contribution in [0.4, 0.5) is 0 Å². The smallest absolute Gasteiger partial charge is 0.243 e. The number of ether oxygens (including phenoxy) is 1. The van der Waals surface area contributed by atoms with E-state index in [1.165, 1.54) is 0 Å². The van der Waals surface area contributed by atoms with Crippen LogP contribution in [0.5, 0.6) is 5.75 Å². The molecule has 4 rings (SSSR count). The maximum Gasteiger partial charge on any atom is 0.243 e. The van der Waals surface area contributed by atoms with E-state index < -0.39 is 10.0 Å². The van der Waals surface area contributed by atoms with Gasteiger partial charge in [0.25, 0.3) is 0 Å². The lowest BCUT2D eigenvalue weighted by Gasteiger charge is -2.21. The number of sulfonamides is 1. The van der Waals surface area contributed by atoms with Crippen LogP contribution >= 0.6 is 0 Å². The molecule has 0 spiro atoms. The van der Waals surface area contributed by atoms with Crippen molar-refractivity contribution >= 4 is 10.0 Å². The maximum absolute atomic E-state index is 12.9. The van der Waals surface area contributed by atoms with Crippen LogP contribution in [-0.4, -0.2) is 38.5 Å². The van der Waals surface area contributed by atoms with Crippen molar-refractivity contribution in [3.05, 3.63) is 23.8 Å². The van der Waals surface area contributed by atoms with Crippen molar-refractivity contribution in [2.75, 3.05) is 19.7 Å². The lowest BCUT2D eigenvalue weighted by molar-refractivity contribution is 0.288. The molecule has 2 N–H and O–H groups in total. The Morgan fingerprint density at radius 1 is 1.23 bits per heavy atom. The summed E-state index contributed by atoms with van der Waals surface area (Å²) in [6, 6.07) is 5.41. The number of rotatable bonds is 2. The van der Waals surface area contributed by atoms with Crippen molar-refractivity contribution in [2.45, 2.75) is 36.6 Å². The number of nitrogens with two attached hydrogens (primary N) is 1. The van der Waals surface area contributed by atoms with E-state index in [-0.39, 0.29) is 6.04 Å². The fourth-order valence-corrected chi connectivity index (χ4v) is 5.69. The van der Waals surface area contributed by atoms with Gasteiger partial charge in [-0.15, -0.1) is 0 Å². The average Bonchev–Trinajstić information content (AvgIpc) is 3.10. The second-order valence-electron chi connectivity index (χ2n) is 6.71. The Labute approximate surface area is 131 Å². The third-order valence-electron chi connectivity index (χ3n) is 5.40. The topological polar surface area (TPSA) is 72.6 Å². The third-order valence-corrected chi connectivity index (χ3v) is 7.22. The predicted octanol–water partition coefficient (Wildman–Crippen LogP) is 1.37. The van der Waals surface area contributed by atoms with Gasteiger partial charge in [0.15, 0.2) is 0 Å². The van der Waals surface area contributed by atoms with E-state index in [4.69, 9.17) is 10.5 Å². The molecule has 0 aromatic heterocycles. The highest BCUT2D eigenvalue weighted by Crippen LogP contribution is 2.39. The molecule has 1 saturated heterocycles. The zero-order valence-electron chi connectivity index (χ0n) is 12.6. The highest BCUT2D eigenvalue weighted by molar-refractivity contribution is 7.89. The van der Waals surface area contributed by atoms with E-state index in [1.807, 2.05) is 0 Å². The first-order valence-corrected chi connectivity index (χ1v) is 9.51. The van der Waals surface area contributed by atoms with Crippen molar-refractivity contribution in [3.63, 3.8) is 0 Å². The second-order valence-corrected chi connectivity index (χ2v) is 8.65. The minimum atomic E-state index is -3.42. The highest BCUT2D eigenvalue weighted by atomic mass is 32.2. The van der Waals surface area contributed by atoms with Crippen LogP contribution in [0.2, 0.25) is 0 Å². The summed E-state index contributed by atoms with van der Waals surface area (Å²) in [5.41, 5.74) is 7.12. The van der Waals surface area contributed by atoms with E-state index in [0.717, 1.165) is 37.0 Å². The van der Waals surface area contributed by atoms with Crippen LogP contribution in [0.15, 0.2) is 23.1 Å². The molecular weight excluding hydrogens is 300 g/mol. The number of hydrogen-bond donors (Lipinski definition) is 1. The van der Waals surface area contributed by atoms with Crippen LogP contribution in [0.1, 0.15) is 24.8 Å². The number of aryl methyl sites for hydroxylation is 1. The van der Waals surface area contributed by atoms with Crippen molar-refractivity contribution in [1.29, 1.82) is 0 Å². The predicted molar refractivity (Wildman–Crippen MR) is 83.2 cm³/mol. The van der Waals surface area contributed by atoms with Gasteiger partial charge in [0.1, 0.15) is 5.75 Å². The molecule has 120 valence electrons. The molecule has 1 aromatic rings. The minimum absolute atomic E-state index is 0.155. The first kappa shape index (κ1) is 14.5. The number of hydrogen-bond acceptors (Lipinski definition) is 4. The van der Waals surface area contributed by atoms with E-state index in [1.54, 1.807) is 22.5 Å². The molecule has 2 aliphatic heterocycles. The molecule has 6 heteroatoms. The maximum atomic E-state index is 12.9. The molecule has 0 amide bonds. The molecule has 5 nitrogen and oxygen atoms in total. The molecule has 2 heterocycles. The Morgan fingerprint density at radius 3 is 2.91 bits per heavy atom. The Morgan fingerprint density at radius 2 is 2.09 bits per heavy atom. The largest absolute Gasteiger partial charge is 0.493 e. The molecular formula is C16H22N2O3S. The summed E-state index contributed by atoms with van der Waals surface area (Å²) in [6.07, 6.45) is 3.91. The van der Waals surface area contributed by atoms with Crippen molar-refractivity contribution in [1.82, 2.24) is 4.31 Å². The van der Waals surface area contributed by atoms with E-state index in [2.05, 4.69) is 0 Å². The van der Waals surface area contributed by atoms with E-state index in [9.17, 15) is 8.42 Å². The quantitative estimate of drug-likeness (QED) is 0.892. The summed E-state index contributed by atoms with van der Waals surface area (Å²) < 4.78 is 33.0. The standard InChI is InChI=1S/C16H22N2O3S/c17-15-5-3-12-9-18(10-14(12)15)22(19,20)13-4-6-16-11(8-13)2-1-7-21-16/h4,6,8,12,14-15H,1-3,5,7,9-10,17H2. The molecule has 3 unspecified atom stereocenters.